The van der Waals surface area contributed by atoms with E-state index in [1.54, 1.807) is 0 Å². The number of rotatable bonds is 2. The Morgan fingerprint density at radius 2 is 2.25 bits per heavy atom. The first kappa shape index (κ1) is 9.52. The van der Waals surface area contributed by atoms with E-state index in [1.165, 1.54) is 0 Å². The van der Waals surface area contributed by atoms with Gasteiger partial charge >= 0.3 is 5.97 Å². The maximum absolute atomic E-state index is 11.1. The van der Waals surface area contributed by atoms with Gasteiger partial charge in [-0.2, -0.15) is 0 Å². The molecule has 0 amide bonds. The molecule has 70 valence electrons. The van der Waals surface area contributed by atoms with E-state index < -0.39 is 0 Å². The summed E-state index contributed by atoms with van der Waals surface area (Å²) in [5.41, 5.74) is 0. The Labute approximate surface area is 73.0 Å². The molecule has 3 heteroatoms. The molecule has 0 aromatic heterocycles. The van der Waals surface area contributed by atoms with Gasteiger partial charge in [0.15, 0.2) is 0 Å². The molecule has 3 nitrogen and oxygen atoms in total. The molecule has 1 saturated heterocycles. The van der Waals surface area contributed by atoms with Crippen LogP contribution in [-0.4, -0.2) is 18.9 Å². The Bertz CT molecular complexity index is 148. The number of carbonyl (C=O) groups excluding carboxylic acids is 1. The lowest BCUT2D eigenvalue weighted by atomic mass is 10.2. The molecule has 0 aliphatic carbocycles. The highest BCUT2D eigenvalue weighted by Gasteiger charge is 2.19. The molecule has 0 saturated carbocycles. The lowest BCUT2D eigenvalue weighted by Crippen LogP contribution is -2.27. The van der Waals surface area contributed by atoms with Gasteiger partial charge in [-0.15, -0.1) is 0 Å². The predicted octanol–water partition coefficient (Wildman–Crippen LogP) is 1.71. The molecular weight excluding hydrogens is 156 g/mol. The Morgan fingerprint density at radius 3 is 2.75 bits per heavy atom. The van der Waals surface area contributed by atoms with Crippen LogP contribution in [0, 0.1) is 5.92 Å². The summed E-state index contributed by atoms with van der Waals surface area (Å²) in [6, 6.07) is 0. The van der Waals surface area contributed by atoms with Gasteiger partial charge in [-0.1, -0.05) is 13.8 Å². The summed E-state index contributed by atoms with van der Waals surface area (Å²) in [5, 5.41) is 0. The van der Waals surface area contributed by atoms with Gasteiger partial charge < -0.3 is 9.47 Å². The number of esters is 1. The molecule has 0 aromatic rings. The third kappa shape index (κ3) is 2.81. The van der Waals surface area contributed by atoms with E-state index in [0.717, 1.165) is 25.9 Å². The van der Waals surface area contributed by atoms with Crippen molar-refractivity contribution in [1.82, 2.24) is 0 Å². The first-order chi connectivity index (χ1) is 5.70. The van der Waals surface area contributed by atoms with Crippen LogP contribution in [0.5, 0.6) is 0 Å². The van der Waals surface area contributed by atoms with Gasteiger partial charge in [-0.25, -0.2) is 0 Å². The van der Waals surface area contributed by atoms with Crippen LogP contribution in [0.4, 0.5) is 0 Å². The Balaban J connectivity index is 2.24. The van der Waals surface area contributed by atoms with Crippen molar-refractivity contribution in [3.8, 4) is 0 Å². The van der Waals surface area contributed by atoms with Crippen molar-refractivity contribution in [2.75, 3.05) is 6.61 Å². The molecule has 0 aromatic carbocycles. The Morgan fingerprint density at radius 1 is 1.50 bits per heavy atom. The molecule has 1 heterocycles. The molecule has 1 fully saturated rings. The SMILES string of the molecule is CC(C)C(=O)OC1CCCCO1. The van der Waals surface area contributed by atoms with Crippen molar-refractivity contribution in [1.29, 1.82) is 0 Å². The molecule has 0 N–H and O–H groups in total. The lowest BCUT2D eigenvalue weighted by Gasteiger charge is -2.23. The molecule has 1 unspecified atom stereocenters. The molecular formula is C9H16O3. The smallest absolute Gasteiger partial charge is 0.310 e. The van der Waals surface area contributed by atoms with Gasteiger partial charge in [0.05, 0.1) is 12.5 Å². The fourth-order valence-corrected chi connectivity index (χ4v) is 1.07. The van der Waals surface area contributed by atoms with E-state index in [9.17, 15) is 4.79 Å². The largest absolute Gasteiger partial charge is 0.436 e. The van der Waals surface area contributed by atoms with Gasteiger partial charge in [0, 0.05) is 6.42 Å². The number of hydrogen-bond acceptors (Lipinski definition) is 3. The summed E-state index contributed by atoms with van der Waals surface area (Å²) in [7, 11) is 0. The second kappa shape index (κ2) is 4.45. The first-order valence-corrected chi connectivity index (χ1v) is 4.52. The fourth-order valence-electron chi connectivity index (χ4n) is 1.07. The quantitative estimate of drug-likeness (QED) is 0.595. The number of hydrogen-bond donors (Lipinski definition) is 0. The summed E-state index contributed by atoms with van der Waals surface area (Å²) in [4.78, 5) is 11.1. The van der Waals surface area contributed by atoms with Crippen LogP contribution in [0.15, 0.2) is 0 Å². The van der Waals surface area contributed by atoms with Gasteiger partial charge in [-0.05, 0) is 12.8 Å². The normalized spacial score (nSPS) is 24.1. The maximum atomic E-state index is 11.1. The van der Waals surface area contributed by atoms with Crippen molar-refractivity contribution in [2.45, 2.75) is 39.4 Å². The van der Waals surface area contributed by atoms with E-state index in [-0.39, 0.29) is 18.2 Å². The summed E-state index contributed by atoms with van der Waals surface area (Å²) in [6.45, 7) is 4.37. The van der Waals surface area contributed by atoms with Crippen LogP contribution in [0.2, 0.25) is 0 Å². The average molecular weight is 172 g/mol. The van der Waals surface area contributed by atoms with Crippen molar-refractivity contribution in [3.05, 3.63) is 0 Å². The highest BCUT2D eigenvalue weighted by Crippen LogP contribution is 2.14. The van der Waals surface area contributed by atoms with Crippen LogP contribution >= 0.6 is 0 Å². The highest BCUT2D eigenvalue weighted by molar-refractivity contribution is 5.71. The molecule has 0 radical (unpaired) electrons. The zero-order chi connectivity index (χ0) is 8.97. The molecule has 0 bridgehead atoms. The molecule has 1 aliphatic rings. The monoisotopic (exact) mass is 172 g/mol. The first-order valence-electron chi connectivity index (χ1n) is 4.52. The minimum Gasteiger partial charge on any atom is -0.436 e. The van der Waals surface area contributed by atoms with Crippen molar-refractivity contribution in [3.63, 3.8) is 0 Å². The van der Waals surface area contributed by atoms with Crippen molar-refractivity contribution < 1.29 is 14.3 Å². The second-order valence-corrected chi connectivity index (χ2v) is 3.39. The van der Waals surface area contributed by atoms with Crippen molar-refractivity contribution >= 4 is 5.97 Å². The zero-order valence-electron chi connectivity index (χ0n) is 7.71. The minimum absolute atomic E-state index is 0.0597. The van der Waals surface area contributed by atoms with Crippen LogP contribution in [0.1, 0.15) is 33.1 Å². The van der Waals surface area contributed by atoms with Gasteiger partial charge in [-0.3, -0.25) is 4.79 Å². The Hall–Kier alpha value is -0.570. The molecule has 1 aliphatic heterocycles. The van der Waals surface area contributed by atoms with E-state index in [0.29, 0.717) is 0 Å². The molecule has 1 rings (SSSR count). The lowest BCUT2D eigenvalue weighted by molar-refractivity contribution is -0.190. The van der Waals surface area contributed by atoms with Crippen LogP contribution in [-0.2, 0) is 14.3 Å². The minimum atomic E-state index is -0.284. The van der Waals surface area contributed by atoms with E-state index >= 15 is 0 Å². The van der Waals surface area contributed by atoms with Crippen LogP contribution in [0.25, 0.3) is 0 Å². The van der Waals surface area contributed by atoms with Gasteiger partial charge in [0.1, 0.15) is 0 Å². The number of ether oxygens (including phenoxy) is 2. The Kier molecular flexibility index (Phi) is 3.53. The standard InChI is InChI=1S/C9H16O3/c1-7(2)9(10)12-8-5-3-4-6-11-8/h7-8H,3-6H2,1-2H3. The molecule has 12 heavy (non-hydrogen) atoms. The predicted molar refractivity (Wildman–Crippen MR) is 44.5 cm³/mol. The third-order valence-corrected chi connectivity index (χ3v) is 1.86. The van der Waals surface area contributed by atoms with Crippen LogP contribution < -0.4 is 0 Å². The number of carbonyl (C=O) groups is 1. The van der Waals surface area contributed by atoms with Gasteiger partial charge in [0.2, 0.25) is 6.29 Å². The van der Waals surface area contributed by atoms with Crippen LogP contribution in [0.3, 0.4) is 0 Å². The second-order valence-electron chi connectivity index (χ2n) is 3.39. The average Bonchev–Trinajstić information content (AvgIpc) is 2.06. The summed E-state index contributed by atoms with van der Waals surface area (Å²) < 4.78 is 10.3. The summed E-state index contributed by atoms with van der Waals surface area (Å²) >= 11 is 0. The van der Waals surface area contributed by atoms with Crippen molar-refractivity contribution in [2.24, 2.45) is 5.92 Å². The summed E-state index contributed by atoms with van der Waals surface area (Å²) in [6.07, 6.45) is 2.73. The highest BCUT2D eigenvalue weighted by atomic mass is 16.7. The zero-order valence-corrected chi connectivity index (χ0v) is 7.71. The topological polar surface area (TPSA) is 35.5 Å². The van der Waals surface area contributed by atoms with E-state index in [2.05, 4.69) is 0 Å². The molecule has 1 atom stereocenters. The third-order valence-electron chi connectivity index (χ3n) is 1.86. The van der Waals surface area contributed by atoms with E-state index in [1.807, 2.05) is 13.8 Å². The van der Waals surface area contributed by atoms with E-state index in [4.69, 9.17) is 9.47 Å². The maximum Gasteiger partial charge on any atom is 0.310 e. The van der Waals surface area contributed by atoms with Gasteiger partial charge in [0.25, 0.3) is 0 Å². The fraction of sp³-hybridized carbons (Fsp3) is 0.889. The summed E-state index contributed by atoms with van der Waals surface area (Å²) in [5.74, 6) is -0.225. The molecule has 0 spiro atoms.